The lowest BCUT2D eigenvalue weighted by molar-refractivity contribution is 1.31. The lowest BCUT2D eigenvalue weighted by atomic mass is 10.0. The second kappa shape index (κ2) is 8.08. The third-order valence-electron chi connectivity index (χ3n) is 5.93. The van der Waals surface area contributed by atoms with Crippen molar-refractivity contribution in [1.82, 2.24) is 19.9 Å². The normalized spacial score (nSPS) is 11.2. The summed E-state index contributed by atoms with van der Waals surface area (Å²) in [5.74, 6) is 1.46. The van der Waals surface area contributed by atoms with Gasteiger partial charge in [0.25, 0.3) is 0 Å². The van der Waals surface area contributed by atoms with E-state index in [0.29, 0.717) is 0 Å². The second-order valence-corrected chi connectivity index (χ2v) is 8.62. The van der Waals surface area contributed by atoms with Gasteiger partial charge in [-0.2, -0.15) is 0 Å². The molecule has 4 N–H and O–H groups in total. The van der Waals surface area contributed by atoms with Gasteiger partial charge in [-0.15, -0.1) is 0 Å². The molecule has 6 rings (SSSR count). The maximum atomic E-state index is 4.67. The smallest absolute Gasteiger partial charge is 0.205 e. The molecule has 0 radical (unpaired) electrons. The van der Waals surface area contributed by atoms with Gasteiger partial charge >= 0.3 is 0 Å². The van der Waals surface area contributed by atoms with Crippen molar-refractivity contribution in [2.75, 3.05) is 10.6 Å². The van der Waals surface area contributed by atoms with Crippen LogP contribution < -0.4 is 10.6 Å². The number of nitrogens with one attached hydrogen (secondary N) is 4. The van der Waals surface area contributed by atoms with Crippen LogP contribution in [0.4, 0.5) is 23.3 Å². The number of rotatable bonds is 5. The molecule has 34 heavy (non-hydrogen) atoms. The molecule has 0 aliphatic heterocycles. The Kier molecular flexibility index (Phi) is 4.77. The number of anilines is 4. The molecule has 0 fully saturated rings. The number of imidazole rings is 2. The lowest BCUT2D eigenvalue weighted by Gasteiger charge is -2.02. The Labute approximate surface area is 197 Å². The highest BCUT2D eigenvalue weighted by Gasteiger charge is 2.09. The summed E-state index contributed by atoms with van der Waals surface area (Å²) in [6.45, 7) is 4.16. The Morgan fingerprint density at radius 3 is 1.35 bits per heavy atom. The average Bonchev–Trinajstić information content (AvgIpc) is 3.43. The average molecular weight is 445 g/mol. The fraction of sp³-hybridized carbons (Fsp3) is 0.0714. The second-order valence-electron chi connectivity index (χ2n) is 8.62. The van der Waals surface area contributed by atoms with E-state index in [9.17, 15) is 0 Å². The fourth-order valence-corrected chi connectivity index (χ4v) is 4.04. The highest BCUT2D eigenvalue weighted by molar-refractivity contribution is 5.88. The molecule has 2 heterocycles. The minimum atomic E-state index is 0.729. The molecule has 0 aliphatic rings. The van der Waals surface area contributed by atoms with E-state index in [1.165, 1.54) is 11.1 Å². The Morgan fingerprint density at radius 2 is 0.941 bits per heavy atom. The zero-order valence-electron chi connectivity index (χ0n) is 19.0. The maximum Gasteiger partial charge on any atom is 0.205 e. The molecule has 2 aromatic heterocycles. The van der Waals surface area contributed by atoms with Gasteiger partial charge in [-0.1, -0.05) is 47.5 Å². The molecular formula is C28H24N6. The number of H-pyrrole nitrogens is 2. The Bertz CT molecular complexity index is 1480. The van der Waals surface area contributed by atoms with Gasteiger partial charge < -0.3 is 20.6 Å². The maximum absolute atomic E-state index is 4.67. The molecule has 0 atom stereocenters. The van der Waals surface area contributed by atoms with Crippen LogP contribution in [0.15, 0.2) is 84.9 Å². The number of nitrogens with zero attached hydrogens (tertiary/aromatic N) is 2. The van der Waals surface area contributed by atoms with Crippen LogP contribution in [0, 0.1) is 13.8 Å². The number of benzene rings is 4. The van der Waals surface area contributed by atoms with Gasteiger partial charge in [0.1, 0.15) is 0 Å². The molecule has 0 unspecified atom stereocenters. The summed E-state index contributed by atoms with van der Waals surface area (Å²) >= 11 is 0. The Hall–Kier alpha value is -4.58. The summed E-state index contributed by atoms with van der Waals surface area (Å²) < 4.78 is 0. The van der Waals surface area contributed by atoms with Crippen molar-refractivity contribution in [2.24, 2.45) is 0 Å². The zero-order chi connectivity index (χ0) is 23.1. The first-order chi connectivity index (χ1) is 16.6. The van der Waals surface area contributed by atoms with Gasteiger partial charge in [-0.3, -0.25) is 0 Å². The summed E-state index contributed by atoms with van der Waals surface area (Å²) in [7, 11) is 0. The third-order valence-corrected chi connectivity index (χ3v) is 5.93. The van der Waals surface area contributed by atoms with E-state index in [2.05, 4.69) is 117 Å². The van der Waals surface area contributed by atoms with Crippen LogP contribution in [0.3, 0.4) is 0 Å². The van der Waals surface area contributed by atoms with Crippen LogP contribution in [0.2, 0.25) is 0 Å². The summed E-state index contributed by atoms with van der Waals surface area (Å²) in [5.41, 5.74) is 10.5. The number of aromatic nitrogens is 4. The van der Waals surface area contributed by atoms with Crippen LogP contribution in [0.1, 0.15) is 11.1 Å². The van der Waals surface area contributed by atoms with Crippen molar-refractivity contribution in [3.8, 4) is 11.1 Å². The third kappa shape index (κ3) is 3.97. The van der Waals surface area contributed by atoms with Gasteiger partial charge in [-0.25, -0.2) is 9.97 Å². The number of hydrogen-bond acceptors (Lipinski definition) is 4. The van der Waals surface area contributed by atoms with Gasteiger partial charge in [-0.05, 0) is 73.5 Å². The monoisotopic (exact) mass is 444 g/mol. The Morgan fingerprint density at radius 1 is 0.529 bits per heavy atom. The predicted molar refractivity (Wildman–Crippen MR) is 140 cm³/mol. The first kappa shape index (κ1) is 20.1. The minimum absolute atomic E-state index is 0.729. The van der Waals surface area contributed by atoms with Crippen LogP contribution >= 0.6 is 0 Å². The topological polar surface area (TPSA) is 81.4 Å². The predicted octanol–water partition coefficient (Wildman–Crippen LogP) is 7.21. The number of aromatic amines is 2. The van der Waals surface area contributed by atoms with E-state index >= 15 is 0 Å². The van der Waals surface area contributed by atoms with Gasteiger partial charge in [0.05, 0.1) is 22.1 Å². The van der Waals surface area contributed by atoms with Gasteiger partial charge in [0, 0.05) is 11.4 Å². The lowest BCUT2D eigenvalue weighted by Crippen LogP contribution is -1.91. The van der Waals surface area contributed by atoms with Crippen molar-refractivity contribution in [3.63, 3.8) is 0 Å². The van der Waals surface area contributed by atoms with E-state index in [0.717, 1.165) is 56.5 Å². The quantitative estimate of drug-likeness (QED) is 0.226. The molecule has 166 valence electrons. The van der Waals surface area contributed by atoms with E-state index in [-0.39, 0.29) is 0 Å². The van der Waals surface area contributed by atoms with Crippen LogP contribution in [-0.2, 0) is 0 Å². The molecule has 0 aliphatic carbocycles. The number of fused-ring (bicyclic) bond motifs is 2. The van der Waals surface area contributed by atoms with Crippen molar-refractivity contribution in [2.45, 2.75) is 13.8 Å². The fourth-order valence-electron chi connectivity index (χ4n) is 4.04. The zero-order valence-corrected chi connectivity index (χ0v) is 19.0. The first-order valence-corrected chi connectivity index (χ1v) is 11.3. The largest absolute Gasteiger partial charge is 0.326 e. The van der Waals surface area contributed by atoms with Gasteiger partial charge in [0.15, 0.2) is 0 Å². The summed E-state index contributed by atoms with van der Waals surface area (Å²) in [6, 6.07) is 29.1. The molecule has 0 spiro atoms. The molecular weight excluding hydrogens is 420 g/mol. The van der Waals surface area contributed by atoms with E-state index in [4.69, 9.17) is 0 Å². The highest BCUT2D eigenvalue weighted by atomic mass is 15.1. The van der Waals surface area contributed by atoms with E-state index in [1.807, 2.05) is 12.1 Å². The summed E-state index contributed by atoms with van der Waals surface area (Å²) in [6.07, 6.45) is 0. The van der Waals surface area contributed by atoms with Crippen molar-refractivity contribution < 1.29 is 0 Å². The summed E-state index contributed by atoms with van der Waals surface area (Å²) in [5, 5.41) is 6.69. The van der Waals surface area contributed by atoms with Crippen molar-refractivity contribution in [3.05, 3.63) is 96.1 Å². The number of aryl methyl sites for hydroxylation is 2. The van der Waals surface area contributed by atoms with Gasteiger partial charge in [0.2, 0.25) is 11.9 Å². The molecule has 4 aromatic carbocycles. The molecule has 0 amide bonds. The Balaban J connectivity index is 1.27. The van der Waals surface area contributed by atoms with E-state index in [1.54, 1.807) is 0 Å². The standard InChI is InChI=1S/C28H24N6/c1-17-3-9-21(10-4-17)29-27-31-23-13-7-19(15-25(23)33-27)20-8-14-24-26(16-20)34-28(32-24)30-22-11-5-18(2)6-12-22/h3-16H,1-2H3,(H2,29,31,33)(H2,30,32,34). The van der Waals surface area contributed by atoms with Crippen LogP contribution in [-0.4, -0.2) is 19.9 Å². The van der Waals surface area contributed by atoms with Crippen molar-refractivity contribution in [1.29, 1.82) is 0 Å². The minimum Gasteiger partial charge on any atom is -0.326 e. The molecule has 6 aromatic rings. The van der Waals surface area contributed by atoms with Crippen LogP contribution in [0.25, 0.3) is 33.2 Å². The van der Waals surface area contributed by atoms with Crippen molar-refractivity contribution >= 4 is 45.3 Å². The number of hydrogen-bond donors (Lipinski definition) is 4. The molecule has 6 heteroatoms. The molecule has 0 saturated heterocycles. The first-order valence-electron chi connectivity index (χ1n) is 11.3. The molecule has 0 saturated carbocycles. The highest BCUT2D eigenvalue weighted by Crippen LogP contribution is 2.28. The SMILES string of the molecule is Cc1ccc(Nc2nc3ccc(-c4ccc5nc(Nc6ccc(C)cc6)[nH]c5c4)cc3[nH]2)cc1. The molecule has 0 bridgehead atoms. The van der Waals surface area contributed by atoms with E-state index < -0.39 is 0 Å². The molecule has 6 nitrogen and oxygen atoms in total. The summed E-state index contributed by atoms with van der Waals surface area (Å²) in [4.78, 5) is 16.1. The van der Waals surface area contributed by atoms with Crippen LogP contribution in [0.5, 0.6) is 0 Å².